The van der Waals surface area contributed by atoms with E-state index in [-0.39, 0.29) is 18.1 Å². The number of fused-ring (bicyclic) bond motifs is 1. The first-order valence-corrected chi connectivity index (χ1v) is 7.46. The molecular weight excluding hydrogens is 302 g/mol. The fourth-order valence-corrected chi connectivity index (χ4v) is 2.39. The molecule has 0 saturated carbocycles. The van der Waals surface area contributed by atoms with E-state index in [0.29, 0.717) is 22.9 Å². The van der Waals surface area contributed by atoms with Crippen molar-refractivity contribution in [1.29, 1.82) is 0 Å². The second-order valence-electron chi connectivity index (χ2n) is 5.18. The summed E-state index contributed by atoms with van der Waals surface area (Å²) in [5.74, 6) is 1.27. The number of rotatable bonds is 3. The maximum Gasteiger partial charge on any atom is 0.251 e. The highest BCUT2D eigenvalue weighted by Gasteiger charge is 2.27. The summed E-state index contributed by atoms with van der Waals surface area (Å²) in [5.41, 5.74) is 0.563. The van der Waals surface area contributed by atoms with Crippen LogP contribution >= 0.6 is 11.6 Å². The van der Waals surface area contributed by atoms with Crippen molar-refractivity contribution >= 4 is 17.5 Å². The lowest BCUT2D eigenvalue weighted by molar-refractivity contribution is 0.0606. The number of hydrogen-bond donors (Lipinski definition) is 1. The molecule has 1 aliphatic rings. The van der Waals surface area contributed by atoms with Crippen LogP contribution in [-0.2, 0) is 0 Å². The van der Waals surface area contributed by atoms with E-state index in [1.54, 1.807) is 24.3 Å². The van der Waals surface area contributed by atoms with Gasteiger partial charge in [0.15, 0.2) is 17.6 Å². The molecule has 0 aliphatic carbocycles. The number of halogens is 1. The molecule has 0 aromatic heterocycles. The number of nitrogens with one attached hydrogen (secondary N) is 1. The van der Waals surface area contributed by atoms with Gasteiger partial charge in [-0.15, -0.1) is 0 Å². The number of benzene rings is 2. The average Bonchev–Trinajstić information content (AvgIpc) is 2.55. The maximum atomic E-state index is 12.2. The highest BCUT2D eigenvalue weighted by atomic mass is 35.5. The summed E-state index contributed by atoms with van der Waals surface area (Å²) in [4.78, 5) is 12.2. The monoisotopic (exact) mass is 317 g/mol. The number of para-hydroxylation sites is 2. The Morgan fingerprint density at radius 3 is 2.59 bits per heavy atom. The van der Waals surface area contributed by atoms with Crippen LogP contribution < -0.4 is 14.8 Å². The third kappa shape index (κ3) is 3.17. The number of carbonyl (C=O) groups is 1. The van der Waals surface area contributed by atoms with Crippen molar-refractivity contribution in [2.75, 3.05) is 6.61 Å². The summed E-state index contributed by atoms with van der Waals surface area (Å²) < 4.78 is 11.6. The summed E-state index contributed by atoms with van der Waals surface area (Å²) in [6.45, 7) is 2.30. The van der Waals surface area contributed by atoms with Crippen LogP contribution in [0.15, 0.2) is 48.5 Å². The molecule has 5 heteroatoms. The van der Waals surface area contributed by atoms with E-state index in [1.807, 2.05) is 31.2 Å². The molecule has 4 nitrogen and oxygen atoms in total. The van der Waals surface area contributed by atoms with Crippen molar-refractivity contribution in [3.05, 3.63) is 59.1 Å². The van der Waals surface area contributed by atoms with Gasteiger partial charge >= 0.3 is 0 Å². The topological polar surface area (TPSA) is 47.6 Å². The van der Waals surface area contributed by atoms with Crippen LogP contribution in [0, 0.1) is 0 Å². The first-order valence-electron chi connectivity index (χ1n) is 7.08. The van der Waals surface area contributed by atoms with E-state index >= 15 is 0 Å². The minimum Gasteiger partial charge on any atom is -0.486 e. The lowest BCUT2D eigenvalue weighted by Gasteiger charge is -2.30. The molecule has 114 valence electrons. The molecule has 0 spiro atoms. The Morgan fingerprint density at radius 1 is 1.18 bits per heavy atom. The van der Waals surface area contributed by atoms with Crippen LogP contribution in [0.4, 0.5) is 0 Å². The highest BCUT2D eigenvalue weighted by molar-refractivity contribution is 6.30. The van der Waals surface area contributed by atoms with Gasteiger partial charge in [0, 0.05) is 10.6 Å². The van der Waals surface area contributed by atoms with E-state index < -0.39 is 0 Å². The van der Waals surface area contributed by atoms with E-state index in [4.69, 9.17) is 21.1 Å². The molecule has 1 N–H and O–H groups in total. The zero-order chi connectivity index (χ0) is 15.5. The lowest BCUT2D eigenvalue weighted by atomic mass is 10.1. The van der Waals surface area contributed by atoms with Gasteiger partial charge < -0.3 is 14.8 Å². The van der Waals surface area contributed by atoms with Crippen molar-refractivity contribution in [3.63, 3.8) is 0 Å². The minimum absolute atomic E-state index is 0.161. The molecule has 0 saturated heterocycles. The molecule has 1 heterocycles. The van der Waals surface area contributed by atoms with Crippen molar-refractivity contribution in [2.24, 2.45) is 0 Å². The molecule has 2 aromatic rings. The van der Waals surface area contributed by atoms with Gasteiger partial charge in [-0.25, -0.2) is 0 Å². The van der Waals surface area contributed by atoms with Crippen LogP contribution in [0.25, 0.3) is 0 Å². The van der Waals surface area contributed by atoms with Gasteiger partial charge in [0.05, 0.1) is 6.04 Å². The maximum absolute atomic E-state index is 12.2. The second-order valence-corrected chi connectivity index (χ2v) is 5.62. The van der Waals surface area contributed by atoms with E-state index in [2.05, 4.69) is 5.32 Å². The summed E-state index contributed by atoms with van der Waals surface area (Å²) in [6.07, 6.45) is -0.230. The smallest absolute Gasteiger partial charge is 0.251 e. The normalized spacial score (nSPS) is 17.6. The highest BCUT2D eigenvalue weighted by Crippen LogP contribution is 2.31. The van der Waals surface area contributed by atoms with Gasteiger partial charge in [0.2, 0.25) is 0 Å². The van der Waals surface area contributed by atoms with Crippen molar-refractivity contribution in [1.82, 2.24) is 5.32 Å². The van der Waals surface area contributed by atoms with Gasteiger partial charge in [0.25, 0.3) is 5.91 Å². The molecule has 0 bridgehead atoms. The third-order valence-electron chi connectivity index (χ3n) is 3.55. The molecular formula is C17H16ClNO3. The predicted molar refractivity (Wildman–Crippen MR) is 84.7 cm³/mol. The van der Waals surface area contributed by atoms with Crippen LogP contribution in [0.2, 0.25) is 5.02 Å². The van der Waals surface area contributed by atoms with Gasteiger partial charge in [-0.2, -0.15) is 0 Å². The summed E-state index contributed by atoms with van der Waals surface area (Å²) in [7, 11) is 0. The quantitative estimate of drug-likeness (QED) is 0.945. The zero-order valence-corrected chi connectivity index (χ0v) is 12.8. The van der Waals surface area contributed by atoms with Gasteiger partial charge in [-0.05, 0) is 43.3 Å². The number of amides is 1. The molecule has 0 unspecified atom stereocenters. The third-order valence-corrected chi connectivity index (χ3v) is 3.81. The van der Waals surface area contributed by atoms with Gasteiger partial charge in [-0.1, -0.05) is 23.7 Å². The first-order chi connectivity index (χ1) is 10.6. The summed E-state index contributed by atoms with van der Waals surface area (Å²) in [5, 5.41) is 3.53. The van der Waals surface area contributed by atoms with Crippen LogP contribution in [0.3, 0.4) is 0 Å². The summed E-state index contributed by atoms with van der Waals surface area (Å²) >= 11 is 5.82. The average molecular weight is 318 g/mol. The largest absolute Gasteiger partial charge is 0.486 e. The Hall–Kier alpha value is -2.20. The fourth-order valence-electron chi connectivity index (χ4n) is 2.27. The molecule has 1 aliphatic heterocycles. The van der Waals surface area contributed by atoms with Crippen molar-refractivity contribution < 1.29 is 14.3 Å². The first kappa shape index (κ1) is 14.7. The van der Waals surface area contributed by atoms with E-state index in [0.717, 1.165) is 5.75 Å². The number of hydrogen-bond acceptors (Lipinski definition) is 3. The second kappa shape index (κ2) is 6.28. The molecule has 0 fully saturated rings. The molecule has 22 heavy (non-hydrogen) atoms. The van der Waals surface area contributed by atoms with Crippen molar-refractivity contribution in [2.45, 2.75) is 19.1 Å². The van der Waals surface area contributed by atoms with E-state index in [1.165, 1.54) is 0 Å². The molecule has 2 atom stereocenters. The Balaban J connectivity index is 1.64. The van der Waals surface area contributed by atoms with Crippen LogP contribution in [-0.4, -0.2) is 24.7 Å². The van der Waals surface area contributed by atoms with E-state index in [9.17, 15) is 4.79 Å². The standard InChI is InChI=1S/C17H16ClNO3/c1-11(19-17(20)12-6-8-13(18)9-7-12)16-10-21-14-4-2-3-5-15(14)22-16/h2-9,11,16H,10H2,1H3,(H,19,20)/t11-,16+/m0/s1. The van der Waals surface area contributed by atoms with Crippen LogP contribution in [0.5, 0.6) is 11.5 Å². The molecule has 3 rings (SSSR count). The Kier molecular flexibility index (Phi) is 4.20. The lowest BCUT2D eigenvalue weighted by Crippen LogP contribution is -2.48. The van der Waals surface area contributed by atoms with Gasteiger partial charge in [0.1, 0.15) is 6.61 Å². The van der Waals surface area contributed by atoms with Crippen LogP contribution in [0.1, 0.15) is 17.3 Å². The minimum atomic E-state index is -0.230. The Bertz CT molecular complexity index is 672. The molecule has 1 amide bonds. The zero-order valence-electron chi connectivity index (χ0n) is 12.1. The Labute approximate surface area is 134 Å². The Morgan fingerprint density at radius 2 is 1.86 bits per heavy atom. The predicted octanol–water partition coefficient (Wildman–Crippen LogP) is 3.30. The molecule has 0 radical (unpaired) electrons. The summed E-state index contributed by atoms with van der Waals surface area (Å²) in [6, 6.07) is 14.1. The fraction of sp³-hybridized carbons (Fsp3) is 0.235. The SMILES string of the molecule is C[C@H](NC(=O)c1ccc(Cl)cc1)[C@H]1COc2ccccc2O1. The number of carbonyl (C=O) groups excluding carboxylic acids is 1. The number of ether oxygens (including phenoxy) is 2. The van der Waals surface area contributed by atoms with Gasteiger partial charge in [-0.3, -0.25) is 4.79 Å². The van der Waals surface area contributed by atoms with Crippen molar-refractivity contribution in [3.8, 4) is 11.5 Å². The molecule has 2 aromatic carbocycles.